The second kappa shape index (κ2) is 11.0. The third-order valence-corrected chi connectivity index (χ3v) is 4.95. The molecule has 0 saturated carbocycles. The normalized spacial score (nSPS) is 10.2. The van der Waals surface area contributed by atoms with Crippen molar-refractivity contribution in [2.75, 3.05) is 7.11 Å². The molecule has 0 bridgehead atoms. The molecule has 3 N–H and O–H groups in total. The SMILES string of the molecule is COc1cc(C=C(C(=O)NCc2ccccc2)C(=O)NCc2ccccc2)cc(Cl)c1O. The number of benzene rings is 3. The Morgan fingerprint density at radius 2 is 1.41 bits per heavy atom. The van der Waals surface area contributed by atoms with Crippen LogP contribution in [0, 0.1) is 0 Å². The van der Waals surface area contributed by atoms with E-state index >= 15 is 0 Å². The lowest BCUT2D eigenvalue weighted by Crippen LogP contribution is -2.34. The summed E-state index contributed by atoms with van der Waals surface area (Å²) in [6.45, 7) is 0.533. The second-order valence-electron chi connectivity index (χ2n) is 6.95. The average Bonchev–Trinajstić information content (AvgIpc) is 2.82. The standard InChI is InChI=1S/C25H23ClN2O4/c1-32-22-14-19(13-21(26)23(22)29)12-20(24(30)27-15-17-8-4-2-5-9-17)25(31)28-16-18-10-6-3-7-11-18/h2-14,29H,15-16H2,1H3,(H,27,30)(H,28,31). The van der Waals surface area contributed by atoms with Crippen LogP contribution in [-0.2, 0) is 22.7 Å². The van der Waals surface area contributed by atoms with Crippen LogP contribution in [0.4, 0.5) is 0 Å². The molecule has 7 heteroatoms. The molecular weight excluding hydrogens is 428 g/mol. The van der Waals surface area contributed by atoms with E-state index in [4.69, 9.17) is 16.3 Å². The monoisotopic (exact) mass is 450 g/mol. The molecule has 3 rings (SSSR count). The highest BCUT2D eigenvalue weighted by molar-refractivity contribution is 6.32. The van der Waals surface area contributed by atoms with E-state index in [9.17, 15) is 14.7 Å². The first-order chi connectivity index (χ1) is 15.5. The van der Waals surface area contributed by atoms with Gasteiger partial charge in [-0.15, -0.1) is 0 Å². The molecule has 32 heavy (non-hydrogen) atoms. The van der Waals surface area contributed by atoms with Crippen LogP contribution in [0.25, 0.3) is 6.08 Å². The molecule has 0 atom stereocenters. The van der Waals surface area contributed by atoms with Crippen molar-refractivity contribution in [2.24, 2.45) is 0 Å². The zero-order chi connectivity index (χ0) is 22.9. The summed E-state index contributed by atoms with van der Waals surface area (Å²) in [5, 5.41) is 15.5. The van der Waals surface area contributed by atoms with Crippen LogP contribution in [0.5, 0.6) is 11.5 Å². The summed E-state index contributed by atoms with van der Waals surface area (Å²) in [7, 11) is 1.39. The van der Waals surface area contributed by atoms with Gasteiger partial charge in [-0.1, -0.05) is 72.3 Å². The molecule has 0 aromatic heterocycles. The maximum Gasteiger partial charge on any atom is 0.257 e. The average molecular weight is 451 g/mol. The van der Waals surface area contributed by atoms with Crippen LogP contribution in [0.3, 0.4) is 0 Å². The van der Waals surface area contributed by atoms with E-state index in [0.717, 1.165) is 11.1 Å². The van der Waals surface area contributed by atoms with Crippen LogP contribution in [-0.4, -0.2) is 24.0 Å². The van der Waals surface area contributed by atoms with Gasteiger partial charge in [0.25, 0.3) is 11.8 Å². The van der Waals surface area contributed by atoms with Gasteiger partial charge in [0.05, 0.1) is 12.1 Å². The van der Waals surface area contributed by atoms with Crippen LogP contribution in [0.2, 0.25) is 5.02 Å². The van der Waals surface area contributed by atoms with Crippen molar-refractivity contribution < 1.29 is 19.4 Å². The number of phenols is 1. The first-order valence-corrected chi connectivity index (χ1v) is 10.3. The molecule has 0 aliphatic heterocycles. The van der Waals surface area contributed by atoms with Crippen molar-refractivity contribution in [3.8, 4) is 11.5 Å². The quantitative estimate of drug-likeness (QED) is 0.274. The van der Waals surface area contributed by atoms with Gasteiger partial charge in [0.1, 0.15) is 5.57 Å². The highest BCUT2D eigenvalue weighted by Gasteiger charge is 2.19. The number of halogens is 1. The van der Waals surface area contributed by atoms with Gasteiger partial charge in [0, 0.05) is 13.1 Å². The molecule has 0 aliphatic rings. The fourth-order valence-electron chi connectivity index (χ4n) is 2.98. The Bertz CT molecular complexity index is 1060. The van der Waals surface area contributed by atoms with Gasteiger partial charge in [-0.2, -0.15) is 0 Å². The van der Waals surface area contributed by atoms with Crippen LogP contribution >= 0.6 is 11.6 Å². The first-order valence-electron chi connectivity index (χ1n) is 9.90. The van der Waals surface area contributed by atoms with Crippen LogP contribution in [0.15, 0.2) is 78.4 Å². The number of carbonyl (C=O) groups is 2. The Balaban J connectivity index is 1.85. The maximum absolute atomic E-state index is 12.9. The zero-order valence-electron chi connectivity index (χ0n) is 17.5. The first kappa shape index (κ1) is 22.9. The molecule has 3 aromatic rings. The number of ether oxygens (including phenoxy) is 1. The van der Waals surface area contributed by atoms with E-state index in [2.05, 4.69) is 10.6 Å². The molecule has 0 unspecified atom stereocenters. The Hall–Kier alpha value is -3.77. The highest BCUT2D eigenvalue weighted by atomic mass is 35.5. The molecule has 0 fully saturated rings. The Morgan fingerprint density at radius 1 is 0.906 bits per heavy atom. The minimum atomic E-state index is -0.539. The summed E-state index contributed by atoms with van der Waals surface area (Å²) < 4.78 is 5.11. The van der Waals surface area contributed by atoms with E-state index in [1.807, 2.05) is 60.7 Å². The summed E-state index contributed by atoms with van der Waals surface area (Å²) in [4.78, 5) is 25.9. The van der Waals surface area contributed by atoms with Crippen LogP contribution in [0.1, 0.15) is 16.7 Å². The minimum absolute atomic E-state index is 0.0457. The van der Waals surface area contributed by atoms with Crippen molar-refractivity contribution >= 4 is 29.5 Å². The van der Waals surface area contributed by atoms with Gasteiger partial charge in [-0.05, 0) is 34.9 Å². The number of carbonyl (C=O) groups excluding carboxylic acids is 2. The topological polar surface area (TPSA) is 87.7 Å². The maximum atomic E-state index is 12.9. The molecule has 0 aliphatic carbocycles. The lowest BCUT2D eigenvalue weighted by atomic mass is 10.1. The van der Waals surface area contributed by atoms with Crippen LogP contribution < -0.4 is 15.4 Å². The summed E-state index contributed by atoms with van der Waals surface area (Å²) in [6.07, 6.45) is 1.41. The van der Waals surface area contributed by atoms with Gasteiger partial charge >= 0.3 is 0 Å². The lowest BCUT2D eigenvalue weighted by molar-refractivity contribution is -0.123. The summed E-state index contributed by atoms with van der Waals surface area (Å²) >= 11 is 6.06. The highest BCUT2D eigenvalue weighted by Crippen LogP contribution is 2.35. The summed E-state index contributed by atoms with van der Waals surface area (Å²) in [5.74, 6) is -1.16. The number of rotatable bonds is 8. The third kappa shape index (κ3) is 6.12. The predicted octanol–water partition coefficient (Wildman–Crippen LogP) is 4.07. The van der Waals surface area contributed by atoms with Gasteiger partial charge in [0.15, 0.2) is 11.5 Å². The fourth-order valence-corrected chi connectivity index (χ4v) is 3.20. The third-order valence-electron chi connectivity index (χ3n) is 4.66. The second-order valence-corrected chi connectivity index (χ2v) is 7.36. The smallest absolute Gasteiger partial charge is 0.257 e. The molecule has 0 spiro atoms. The number of hydrogen-bond donors (Lipinski definition) is 3. The molecule has 0 heterocycles. The minimum Gasteiger partial charge on any atom is -0.503 e. The molecule has 2 amide bonds. The molecule has 164 valence electrons. The molecule has 3 aromatic carbocycles. The molecular formula is C25H23ClN2O4. The van der Waals surface area contributed by atoms with E-state index < -0.39 is 11.8 Å². The van der Waals surface area contributed by atoms with Crippen molar-refractivity contribution in [3.63, 3.8) is 0 Å². The van der Waals surface area contributed by atoms with E-state index in [1.165, 1.54) is 25.3 Å². The lowest BCUT2D eigenvalue weighted by Gasteiger charge is -2.12. The molecule has 6 nitrogen and oxygen atoms in total. The van der Waals surface area contributed by atoms with Gasteiger partial charge < -0.3 is 20.5 Å². The Kier molecular flexibility index (Phi) is 7.89. The van der Waals surface area contributed by atoms with E-state index in [0.29, 0.717) is 5.56 Å². The van der Waals surface area contributed by atoms with Crippen molar-refractivity contribution in [2.45, 2.75) is 13.1 Å². The zero-order valence-corrected chi connectivity index (χ0v) is 18.2. The largest absolute Gasteiger partial charge is 0.503 e. The number of phenolic OH excluding ortho intramolecular Hbond substituents is 1. The van der Waals surface area contributed by atoms with Gasteiger partial charge in [-0.25, -0.2) is 0 Å². The van der Waals surface area contributed by atoms with E-state index in [1.54, 1.807) is 0 Å². The number of hydrogen-bond acceptors (Lipinski definition) is 4. The number of methoxy groups -OCH3 is 1. The van der Waals surface area contributed by atoms with Crippen molar-refractivity contribution in [1.82, 2.24) is 10.6 Å². The number of nitrogens with one attached hydrogen (secondary N) is 2. The van der Waals surface area contributed by atoms with Crippen molar-refractivity contribution in [1.29, 1.82) is 0 Å². The fraction of sp³-hybridized carbons (Fsp3) is 0.120. The van der Waals surface area contributed by atoms with E-state index in [-0.39, 0.29) is 35.2 Å². The summed E-state index contributed by atoms with van der Waals surface area (Å²) in [5.41, 5.74) is 2.14. The predicted molar refractivity (Wildman–Crippen MR) is 124 cm³/mol. The number of amides is 2. The molecule has 0 saturated heterocycles. The summed E-state index contributed by atoms with van der Waals surface area (Å²) in [6, 6.07) is 21.7. The van der Waals surface area contributed by atoms with Gasteiger partial charge in [0.2, 0.25) is 0 Å². The number of aromatic hydroxyl groups is 1. The van der Waals surface area contributed by atoms with Crippen molar-refractivity contribution in [3.05, 3.63) is 100 Å². The molecule has 0 radical (unpaired) electrons. The Labute approximate surface area is 191 Å². The Morgan fingerprint density at radius 3 is 1.88 bits per heavy atom. The van der Waals surface area contributed by atoms with Gasteiger partial charge in [-0.3, -0.25) is 9.59 Å².